The molecule has 1 N–H and O–H groups in total. The first kappa shape index (κ1) is 24.9. The van der Waals surface area contributed by atoms with Crippen LogP contribution in [-0.2, 0) is 15.6 Å². The third-order valence-electron chi connectivity index (χ3n) is 5.21. The van der Waals surface area contributed by atoms with Crippen molar-refractivity contribution in [2.75, 3.05) is 6.26 Å². The Hall–Kier alpha value is -2.33. The molecule has 0 aliphatic heterocycles. The van der Waals surface area contributed by atoms with Crippen molar-refractivity contribution in [2.24, 2.45) is 11.3 Å². The molecule has 0 aliphatic carbocycles. The number of carbonyl (C=O) groups is 1. The molecule has 164 valence electrons. The molecule has 0 amide bonds. The average Bonchev–Trinajstić information content (AvgIpc) is 2.70. The van der Waals surface area contributed by atoms with E-state index >= 15 is 0 Å². The monoisotopic (exact) mass is 479 g/mol. The molecule has 0 heterocycles. The first-order valence-corrected chi connectivity index (χ1v) is 11.8. The van der Waals surface area contributed by atoms with E-state index in [0.717, 1.165) is 0 Å². The van der Waals surface area contributed by atoms with Crippen molar-refractivity contribution in [2.45, 2.75) is 25.0 Å². The molecule has 8 heteroatoms. The zero-order valence-corrected chi connectivity index (χ0v) is 19.6. The van der Waals surface area contributed by atoms with Gasteiger partial charge in [-0.25, -0.2) is 0 Å². The van der Waals surface area contributed by atoms with Gasteiger partial charge in [0.25, 0.3) is 0 Å². The molecule has 31 heavy (non-hydrogen) atoms. The van der Waals surface area contributed by atoms with Crippen LogP contribution in [0.1, 0.15) is 25.3 Å². The first-order valence-electron chi connectivity index (χ1n) is 9.45. The SMILES string of the molecule is CC(C)C(C(=O)O)(C(C#N)c1cccc(Oc2ccccc2)c1)C(C=C(Cl)Cl)S(C)=O. The number of hydrogen-bond acceptors (Lipinski definition) is 4. The summed E-state index contributed by atoms with van der Waals surface area (Å²) in [5, 5.41) is 19.4. The van der Waals surface area contributed by atoms with Gasteiger partial charge in [-0.15, -0.1) is 0 Å². The quantitative estimate of drug-likeness (QED) is 0.484. The van der Waals surface area contributed by atoms with Gasteiger partial charge in [-0.2, -0.15) is 5.26 Å². The summed E-state index contributed by atoms with van der Waals surface area (Å²) in [7, 11) is -1.68. The smallest absolute Gasteiger partial charge is 0.313 e. The highest BCUT2D eigenvalue weighted by Crippen LogP contribution is 2.48. The number of nitrogens with zero attached hydrogens (tertiary/aromatic N) is 1. The van der Waals surface area contributed by atoms with E-state index in [1.54, 1.807) is 50.2 Å². The predicted molar refractivity (Wildman–Crippen MR) is 124 cm³/mol. The third kappa shape index (κ3) is 5.48. The lowest BCUT2D eigenvalue weighted by molar-refractivity contribution is -0.152. The number of nitriles is 1. The van der Waals surface area contributed by atoms with Crippen molar-refractivity contribution in [1.29, 1.82) is 5.26 Å². The van der Waals surface area contributed by atoms with Crippen LogP contribution in [0.15, 0.2) is 65.2 Å². The maximum Gasteiger partial charge on any atom is 0.313 e. The highest BCUT2D eigenvalue weighted by molar-refractivity contribution is 7.85. The molecule has 0 saturated heterocycles. The Bertz CT molecular complexity index is 1020. The van der Waals surface area contributed by atoms with Crippen molar-refractivity contribution < 1.29 is 18.8 Å². The number of halogens is 2. The molecule has 2 aromatic carbocycles. The zero-order valence-electron chi connectivity index (χ0n) is 17.3. The number of benzene rings is 2. The fraction of sp³-hybridized carbons (Fsp3) is 0.304. The van der Waals surface area contributed by atoms with Crippen LogP contribution in [-0.4, -0.2) is 26.8 Å². The molecule has 0 spiro atoms. The molecule has 0 aromatic heterocycles. The summed E-state index contributed by atoms with van der Waals surface area (Å²) in [6.07, 6.45) is 2.63. The second-order valence-corrected chi connectivity index (χ2v) is 9.83. The van der Waals surface area contributed by atoms with Gasteiger partial charge in [0, 0.05) is 17.1 Å². The maximum atomic E-state index is 12.7. The van der Waals surface area contributed by atoms with Gasteiger partial charge in [0.2, 0.25) is 0 Å². The van der Waals surface area contributed by atoms with Crippen LogP contribution in [0.4, 0.5) is 0 Å². The van der Waals surface area contributed by atoms with Crippen LogP contribution in [0.5, 0.6) is 11.5 Å². The van der Waals surface area contributed by atoms with Crippen molar-refractivity contribution in [3.05, 3.63) is 70.7 Å². The summed E-state index contributed by atoms with van der Waals surface area (Å²) >= 11 is 11.7. The fourth-order valence-electron chi connectivity index (χ4n) is 3.78. The average molecular weight is 480 g/mol. The van der Waals surface area contributed by atoms with Crippen LogP contribution < -0.4 is 4.74 Å². The number of carboxylic acids is 1. The Morgan fingerprint density at radius 1 is 1.16 bits per heavy atom. The molecular formula is C23H23Cl2NO4S. The summed E-state index contributed by atoms with van der Waals surface area (Å²) in [4.78, 5) is 12.7. The minimum atomic E-state index is -1.76. The van der Waals surface area contributed by atoms with Gasteiger partial charge in [-0.05, 0) is 41.8 Å². The number of carboxylic acid groups (broad SMARTS) is 1. The Balaban J connectivity index is 2.66. The van der Waals surface area contributed by atoms with E-state index in [0.29, 0.717) is 17.1 Å². The highest BCUT2D eigenvalue weighted by atomic mass is 35.5. The van der Waals surface area contributed by atoms with Crippen LogP contribution >= 0.6 is 23.2 Å². The normalized spacial score (nSPS) is 15.8. The lowest BCUT2D eigenvalue weighted by atomic mass is 9.63. The Kier molecular flexibility index (Phi) is 8.69. The Labute approximate surface area is 194 Å². The van der Waals surface area contributed by atoms with Crippen molar-refractivity contribution in [3.63, 3.8) is 0 Å². The topological polar surface area (TPSA) is 87.4 Å². The van der Waals surface area contributed by atoms with Crippen molar-refractivity contribution in [1.82, 2.24) is 0 Å². The predicted octanol–water partition coefficient (Wildman–Crippen LogP) is 5.88. The molecule has 2 aromatic rings. The molecule has 2 rings (SSSR count). The van der Waals surface area contributed by atoms with Crippen LogP contribution in [0.25, 0.3) is 0 Å². The zero-order chi connectivity index (χ0) is 23.2. The van der Waals surface area contributed by atoms with E-state index in [4.69, 9.17) is 27.9 Å². The molecule has 0 fully saturated rings. The van der Waals surface area contributed by atoms with E-state index < -0.39 is 39.3 Å². The number of rotatable bonds is 9. The van der Waals surface area contributed by atoms with Crippen LogP contribution in [0.2, 0.25) is 0 Å². The van der Waals surface area contributed by atoms with Gasteiger partial charge < -0.3 is 9.84 Å². The third-order valence-corrected chi connectivity index (χ3v) is 6.70. The minimum absolute atomic E-state index is 0.204. The second-order valence-electron chi connectivity index (χ2n) is 7.32. The number of para-hydroxylation sites is 1. The highest BCUT2D eigenvalue weighted by Gasteiger charge is 2.56. The number of aliphatic carboxylic acids is 1. The standard InChI is InChI=1S/C23H23Cl2NO4S/c1-15(2)23(22(27)28,20(31(3)29)13-21(24)25)19(14-26)16-8-7-11-18(12-16)30-17-9-5-4-6-10-17/h4-13,15,19-20H,1-3H3,(H,27,28). The lowest BCUT2D eigenvalue weighted by Gasteiger charge is -2.41. The van der Waals surface area contributed by atoms with E-state index in [9.17, 15) is 19.4 Å². The van der Waals surface area contributed by atoms with E-state index in [1.165, 1.54) is 12.3 Å². The van der Waals surface area contributed by atoms with Crippen molar-refractivity contribution in [3.8, 4) is 17.6 Å². The molecule has 0 bridgehead atoms. The van der Waals surface area contributed by atoms with Gasteiger partial charge in [0.05, 0.1) is 17.2 Å². The van der Waals surface area contributed by atoms with Gasteiger partial charge in [-0.3, -0.25) is 9.00 Å². The molecule has 4 unspecified atom stereocenters. The van der Waals surface area contributed by atoms with Crippen LogP contribution in [0.3, 0.4) is 0 Å². The van der Waals surface area contributed by atoms with Gasteiger partial charge in [-0.1, -0.05) is 67.4 Å². The van der Waals surface area contributed by atoms with Crippen molar-refractivity contribution >= 4 is 40.0 Å². The summed E-state index contributed by atoms with van der Waals surface area (Å²) < 4.78 is 18.3. The largest absolute Gasteiger partial charge is 0.481 e. The van der Waals surface area contributed by atoms with Gasteiger partial charge in [0.15, 0.2) is 0 Å². The maximum absolute atomic E-state index is 12.7. The lowest BCUT2D eigenvalue weighted by Crippen LogP contribution is -2.51. The number of hydrogen-bond donors (Lipinski definition) is 1. The number of ether oxygens (including phenoxy) is 1. The summed E-state index contributed by atoms with van der Waals surface area (Å²) in [6.45, 7) is 3.36. The molecule has 4 atom stereocenters. The minimum Gasteiger partial charge on any atom is -0.481 e. The van der Waals surface area contributed by atoms with Crippen LogP contribution in [0, 0.1) is 22.7 Å². The molecule has 0 radical (unpaired) electrons. The van der Waals surface area contributed by atoms with Gasteiger partial charge in [0.1, 0.15) is 21.4 Å². The summed E-state index contributed by atoms with van der Waals surface area (Å²) in [5.41, 5.74) is -1.32. The van der Waals surface area contributed by atoms with E-state index in [2.05, 4.69) is 6.07 Å². The summed E-state index contributed by atoms with van der Waals surface area (Å²) in [5.74, 6) is -1.93. The van der Waals surface area contributed by atoms with Gasteiger partial charge >= 0.3 is 5.97 Å². The Morgan fingerprint density at radius 2 is 1.77 bits per heavy atom. The molecule has 0 aliphatic rings. The Morgan fingerprint density at radius 3 is 2.26 bits per heavy atom. The second kappa shape index (κ2) is 10.8. The molecule has 0 saturated carbocycles. The van der Waals surface area contributed by atoms with E-state index in [-0.39, 0.29) is 4.49 Å². The summed E-state index contributed by atoms with van der Waals surface area (Å²) in [6, 6.07) is 17.9. The molecule has 5 nitrogen and oxygen atoms in total. The molecular weight excluding hydrogens is 457 g/mol. The van der Waals surface area contributed by atoms with E-state index in [1.807, 2.05) is 18.2 Å². The first-order chi connectivity index (χ1) is 14.6. The fourth-order valence-corrected chi connectivity index (χ4v) is 5.57.